The first-order valence-corrected chi connectivity index (χ1v) is 5.22. The Morgan fingerprint density at radius 3 is 1.94 bits per heavy atom. The average Bonchev–Trinajstić information content (AvgIpc) is 2.16. The predicted molar refractivity (Wildman–Crippen MR) is 56.0 cm³/mol. The van der Waals surface area contributed by atoms with Crippen LogP contribution in [0.4, 0.5) is 0 Å². The summed E-state index contributed by atoms with van der Waals surface area (Å²) in [6.07, 6.45) is 1.78. The van der Waals surface area contributed by atoms with Crippen LogP contribution in [0.3, 0.4) is 0 Å². The average molecular weight is 231 g/mol. The second kappa shape index (κ2) is 8.70. The lowest BCUT2D eigenvalue weighted by Gasteiger charge is -2.03. The van der Waals surface area contributed by atoms with Gasteiger partial charge in [-0.2, -0.15) is 0 Å². The third-order valence-electron chi connectivity index (χ3n) is 1.93. The highest BCUT2D eigenvalue weighted by molar-refractivity contribution is 5.76. The number of carbonyl (C=O) groups is 3. The Morgan fingerprint density at radius 1 is 0.812 bits per heavy atom. The zero-order valence-electron chi connectivity index (χ0n) is 9.07. The molecule has 16 heavy (non-hydrogen) atoms. The first-order valence-electron chi connectivity index (χ1n) is 5.22. The Labute approximate surface area is 93.6 Å². The number of carbonyl (C=O) groups excluding carboxylic acids is 1. The van der Waals surface area contributed by atoms with Crippen molar-refractivity contribution in [3.05, 3.63) is 0 Å². The van der Waals surface area contributed by atoms with E-state index in [1.807, 2.05) is 0 Å². The first-order chi connectivity index (χ1) is 7.52. The van der Waals surface area contributed by atoms with Crippen molar-refractivity contribution in [1.29, 1.82) is 0 Å². The summed E-state index contributed by atoms with van der Waals surface area (Å²) in [7, 11) is 0. The highest BCUT2D eigenvalue weighted by atomic mass is 16.4. The van der Waals surface area contributed by atoms with Crippen LogP contribution >= 0.6 is 0 Å². The molecular weight excluding hydrogens is 214 g/mol. The monoisotopic (exact) mass is 231 g/mol. The van der Waals surface area contributed by atoms with E-state index in [0.29, 0.717) is 25.8 Å². The minimum atomic E-state index is -0.908. The topological polar surface area (TPSA) is 104 Å². The van der Waals surface area contributed by atoms with Crippen LogP contribution in [0.15, 0.2) is 0 Å². The fourth-order valence-corrected chi connectivity index (χ4v) is 1.12. The molecule has 6 nitrogen and oxygen atoms in total. The minimum absolute atomic E-state index is 0.00751. The molecule has 0 spiro atoms. The van der Waals surface area contributed by atoms with Gasteiger partial charge in [0.05, 0.1) is 0 Å². The number of unbranched alkanes of at least 4 members (excludes halogenated alkanes) is 1. The summed E-state index contributed by atoms with van der Waals surface area (Å²) in [6, 6.07) is 0. The van der Waals surface area contributed by atoms with Gasteiger partial charge < -0.3 is 15.5 Å². The van der Waals surface area contributed by atoms with Crippen LogP contribution in [-0.4, -0.2) is 34.6 Å². The molecule has 0 atom stereocenters. The number of amides is 1. The summed E-state index contributed by atoms with van der Waals surface area (Å²) in [4.78, 5) is 31.4. The second-order valence-corrected chi connectivity index (χ2v) is 3.45. The Kier molecular flexibility index (Phi) is 7.83. The summed E-state index contributed by atoms with van der Waals surface area (Å²) in [5.74, 6) is -1.93. The van der Waals surface area contributed by atoms with E-state index in [4.69, 9.17) is 10.2 Å². The van der Waals surface area contributed by atoms with Gasteiger partial charge in [0.2, 0.25) is 5.91 Å². The van der Waals surface area contributed by atoms with Gasteiger partial charge >= 0.3 is 11.9 Å². The summed E-state index contributed by atoms with van der Waals surface area (Å²) >= 11 is 0. The van der Waals surface area contributed by atoms with Crippen LogP contribution in [0.1, 0.15) is 38.5 Å². The molecule has 0 radical (unpaired) electrons. The minimum Gasteiger partial charge on any atom is -0.481 e. The Bertz CT molecular complexity index is 252. The van der Waals surface area contributed by atoms with Crippen molar-refractivity contribution in [2.45, 2.75) is 38.5 Å². The largest absolute Gasteiger partial charge is 0.481 e. The second-order valence-electron chi connectivity index (χ2n) is 3.45. The van der Waals surface area contributed by atoms with Gasteiger partial charge in [-0.15, -0.1) is 0 Å². The summed E-state index contributed by atoms with van der Waals surface area (Å²) < 4.78 is 0. The quantitative estimate of drug-likeness (QED) is 0.504. The number of rotatable bonds is 9. The molecular formula is C10H17NO5. The first kappa shape index (κ1) is 14.4. The Hall–Kier alpha value is -1.59. The highest BCUT2D eigenvalue weighted by Crippen LogP contribution is 1.96. The molecule has 0 aliphatic carbocycles. The Balaban J connectivity index is 3.30. The molecule has 0 aromatic carbocycles. The summed E-state index contributed by atoms with van der Waals surface area (Å²) in [5.41, 5.74) is 0. The van der Waals surface area contributed by atoms with Crippen LogP contribution in [0.2, 0.25) is 0 Å². The lowest BCUT2D eigenvalue weighted by molar-refractivity contribution is -0.138. The lowest BCUT2D eigenvalue weighted by Crippen LogP contribution is -2.24. The molecule has 6 heteroatoms. The van der Waals surface area contributed by atoms with Gasteiger partial charge in [0, 0.05) is 25.8 Å². The number of carboxylic acid groups (broad SMARTS) is 2. The molecule has 0 rings (SSSR count). The van der Waals surface area contributed by atoms with Gasteiger partial charge in [0.1, 0.15) is 0 Å². The van der Waals surface area contributed by atoms with Crippen LogP contribution in [-0.2, 0) is 14.4 Å². The van der Waals surface area contributed by atoms with E-state index in [0.717, 1.165) is 0 Å². The molecule has 0 aliphatic rings. The molecule has 1 amide bonds. The van der Waals surface area contributed by atoms with Gasteiger partial charge in [0.25, 0.3) is 0 Å². The molecule has 0 saturated carbocycles. The smallest absolute Gasteiger partial charge is 0.303 e. The molecule has 0 aliphatic heterocycles. The van der Waals surface area contributed by atoms with Crippen LogP contribution in [0.5, 0.6) is 0 Å². The van der Waals surface area contributed by atoms with E-state index >= 15 is 0 Å². The number of aliphatic carboxylic acids is 2. The molecule has 0 aromatic heterocycles. The third-order valence-corrected chi connectivity index (χ3v) is 1.93. The number of hydrogen-bond acceptors (Lipinski definition) is 3. The van der Waals surface area contributed by atoms with Crippen molar-refractivity contribution in [3.8, 4) is 0 Å². The molecule has 0 aromatic rings. The van der Waals surface area contributed by atoms with E-state index in [1.54, 1.807) is 0 Å². The van der Waals surface area contributed by atoms with Crippen LogP contribution in [0.25, 0.3) is 0 Å². The maximum absolute atomic E-state index is 11.1. The van der Waals surface area contributed by atoms with E-state index < -0.39 is 11.9 Å². The lowest BCUT2D eigenvalue weighted by atomic mass is 10.2. The van der Waals surface area contributed by atoms with Crippen LogP contribution in [0, 0.1) is 0 Å². The maximum atomic E-state index is 11.1. The van der Waals surface area contributed by atoms with E-state index in [-0.39, 0.29) is 25.2 Å². The maximum Gasteiger partial charge on any atom is 0.303 e. The van der Waals surface area contributed by atoms with Crippen LogP contribution < -0.4 is 5.32 Å². The molecule has 0 bridgehead atoms. The summed E-state index contributed by atoms with van der Waals surface area (Å²) in [5, 5.41) is 19.3. The fourth-order valence-electron chi connectivity index (χ4n) is 1.12. The normalized spacial score (nSPS) is 9.75. The molecule has 0 fully saturated rings. The molecule has 0 unspecified atom stereocenters. The number of carboxylic acids is 2. The predicted octanol–water partition coefficient (Wildman–Crippen LogP) is 0.612. The number of hydrogen-bond donors (Lipinski definition) is 3. The van der Waals surface area contributed by atoms with Crippen molar-refractivity contribution in [2.75, 3.05) is 6.54 Å². The van der Waals surface area contributed by atoms with Gasteiger partial charge in [-0.1, -0.05) is 0 Å². The molecule has 3 N–H and O–H groups in total. The van der Waals surface area contributed by atoms with Crippen molar-refractivity contribution in [1.82, 2.24) is 5.32 Å². The molecule has 92 valence electrons. The zero-order valence-corrected chi connectivity index (χ0v) is 9.07. The highest BCUT2D eigenvalue weighted by Gasteiger charge is 2.03. The van der Waals surface area contributed by atoms with Crippen molar-refractivity contribution in [2.24, 2.45) is 0 Å². The fraction of sp³-hybridized carbons (Fsp3) is 0.700. The molecule has 0 saturated heterocycles. The zero-order chi connectivity index (χ0) is 12.4. The van der Waals surface area contributed by atoms with Crippen molar-refractivity contribution in [3.63, 3.8) is 0 Å². The Morgan fingerprint density at radius 2 is 1.38 bits per heavy atom. The molecule has 0 heterocycles. The van der Waals surface area contributed by atoms with E-state index in [1.165, 1.54) is 0 Å². The van der Waals surface area contributed by atoms with Gasteiger partial charge in [-0.25, -0.2) is 0 Å². The standard InChI is InChI=1S/C10H17NO5/c12-8(4-3-6-10(15)16)11-7-2-1-5-9(13)14/h1-7H2,(H,11,12)(H,13,14)(H,15,16). The van der Waals surface area contributed by atoms with Crippen molar-refractivity contribution >= 4 is 17.8 Å². The SMILES string of the molecule is O=C(O)CCCCNC(=O)CCCC(=O)O. The number of nitrogens with one attached hydrogen (secondary N) is 1. The van der Waals surface area contributed by atoms with E-state index in [2.05, 4.69) is 5.32 Å². The van der Waals surface area contributed by atoms with Gasteiger partial charge in [-0.3, -0.25) is 14.4 Å². The van der Waals surface area contributed by atoms with Gasteiger partial charge in [-0.05, 0) is 19.3 Å². The summed E-state index contributed by atoms with van der Waals surface area (Å²) in [6.45, 7) is 0.444. The van der Waals surface area contributed by atoms with Crippen molar-refractivity contribution < 1.29 is 24.6 Å². The van der Waals surface area contributed by atoms with Gasteiger partial charge in [0.15, 0.2) is 0 Å². The third kappa shape index (κ3) is 10.5. The van der Waals surface area contributed by atoms with E-state index in [9.17, 15) is 14.4 Å².